The molecule has 0 heterocycles. The summed E-state index contributed by atoms with van der Waals surface area (Å²) in [6, 6.07) is 11.0. The molecule has 2 aromatic carbocycles. The minimum atomic E-state index is 0.220. The van der Waals surface area contributed by atoms with Crippen LogP contribution in [0.15, 0.2) is 36.4 Å². The predicted molar refractivity (Wildman–Crippen MR) is 63.1 cm³/mol. The zero-order valence-electron chi connectivity index (χ0n) is 9.38. The average Bonchev–Trinajstić information content (AvgIpc) is 2.36. The minimum absolute atomic E-state index is 0.220. The molecule has 0 unspecified atom stereocenters. The highest BCUT2D eigenvalue weighted by atomic mass is 16.7. The molecule has 88 valence electrons. The van der Waals surface area contributed by atoms with Crippen molar-refractivity contribution < 1.29 is 19.0 Å². The largest absolute Gasteiger partial charge is 0.468 e. The van der Waals surface area contributed by atoms with E-state index >= 15 is 0 Å². The normalized spacial score (nSPS) is 10.2. The average molecular weight is 232 g/mol. The summed E-state index contributed by atoms with van der Waals surface area (Å²) in [4.78, 5) is 10.2. The summed E-state index contributed by atoms with van der Waals surface area (Å²) >= 11 is 0. The molecule has 2 rings (SSSR count). The molecule has 0 amide bonds. The summed E-state index contributed by atoms with van der Waals surface area (Å²) < 4.78 is 14.9. The Morgan fingerprint density at radius 1 is 1.06 bits per heavy atom. The van der Waals surface area contributed by atoms with Gasteiger partial charge in [-0.2, -0.15) is 0 Å². The van der Waals surface area contributed by atoms with Crippen LogP contribution in [0.2, 0.25) is 0 Å². The first-order chi connectivity index (χ1) is 8.33. The molecule has 0 aliphatic heterocycles. The summed E-state index contributed by atoms with van der Waals surface area (Å²) in [6.07, 6.45) is 0. The van der Waals surface area contributed by atoms with E-state index in [1.165, 1.54) is 0 Å². The fraction of sp³-hybridized carbons (Fsp3) is 0.154. The number of carbonyl (C=O) groups is 1. The Morgan fingerprint density at radius 2 is 1.71 bits per heavy atom. The Morgan fingerprint density at radius 3 is 2.35 bits per heavy atom. The van der Waals surface area contributed by atoms with Crippen LogP contribution in [0.5, 0.6) is 11.5 Å². The number of ether oxygens (including phenoxy) is 3. The Balaban J connectivity index is 2.29. The third-order valence-corrected chi connectivity index (χ3v) is 2.31. The highest BCUT2D eigenvalue weighted by molar-refractivity contribution is 5.85. The lowest BCUT2D eigenvalue weighted by Gasteiger charge is -2.06. The van der Waals surface area contributed by atoms with Crippen molar-refractivity contribution in [1.29, 1.82) is 0 Å². The van der Waals surface area contributed by atoms with E-state index in [1.54, 1.807) is 19.2 Å². The molecule has 0 aromatic heterocycles. The molecule has 0 aliphatic carbocycles. The highest BCUT2D eigenvalue weighted by Crippen LogP contribution is 2.24. The number of benzene rings is 2. The van der Waals surface area contributed by atoms with Crippen LogP contribution < -0.4 is 9.47 Å². The molecule has 0 bridgehead atoms. The summed E-state index contributed by atoms with van der Waals surface area (Å²) in [5, 5.41) is 1.99. The second-order valence-corrected chi connectivity index (χ2v) is 3.44. The fourth-order valence-corrected chi connectivity index (χ4v) is 1.55. The van der Waals surface area contributed by atoms with Crippen molar-refractivity contribution in [1.82, 2.24) is 0 Å². The van der Waals surface area contributed by atoms with Crippen molar-refractivity contribution in [2.24, 2.45) is 0 Å². The number of hydrogen-bond donors (Lipinski definition) is 0. The molecule has 0 atom stereocenters. The smallest absolute Gasteiger partial charge is 0.298 e. The molecular weight excluding hydrogens is 220 g/mol. The Hall–Kier alpha value is -2.07. The monoisotopic (exact) mass is 232 g/mol. The van der Waals surface area contributed by atoms with E-state index in [-0.39, 0.29) is 6.79 Å². The van der Waals surface area contributed by atoms with E-state index in [4.69, 9.17) is 14.2 Å². The molecule has 0 fully saturated rings. The van der Waals surface area contributed by atoms with Gasteiger partial charge in [0.25, 0.3) is 6.47 Å². The van der Waals surface area contributed by atoms with Crippen molar-refractivity contribution in [2.45, 2.75) is 0 Å². The van der Waals surface area contributed by atoms with Crippen molar-refractivity contribution in [3.05, 3.63) is 36.4 Å². The Labute approximate surface area is 98.7 Å². The summed E-state index contributed by atoms with van der Waals surface area (Å²) in [5.41, 5.74) is 0. The van der Waals surface area contributed by atoms with Gasteiger partial charge in [0, 0.05) is 7.11 Å². The van der Waals surface area contributed by atoms with Crippen molar-refractivity contribution in [2.75, 3.05) is 13.9 Å². The van der Waals surface area contributed by atoms with Gasteiger partial charge in [-0.05, 0) is 35.0 Å². The van der Waals surface area contributed by atoms with Crippen LogP contribution in [0, 0.1) is 0 Å². The van der Waals surface area contributed by atoms with E-state index in [0.717, 1.165) is 16.5 Å². The third-order valence-electron chi connectivity index (χ3n) is 2.31. The molecule has 0 saturated carbocycles. The minimum Gasteiger partial charge on any atom is -0.468 e. The molecule has 0 aliphatic rings. The topological polar surface area (TPSA) is 44.8 Å². The molecule has 0 saturated heterocycles. The lowest BCUT2D eigenvalue weighted by molar-refractivity contribution is -0.120. The van der Waals surface area contributed by atoms with Crippen molar-refractivity contribution in [3.8, 4) is 11.5 Å². The summed E-state index contributed by atoms with van der Waals surface area (Å²) in [5.74, 6) is 1.27. The van der Waals surface area contributed by atoms with Gasteiger partial charge in [-0.1, -0.05) is 12.1 Å². The van der Waals surface area contributed by atoms with Crippen LogP contribution in [0.3, 0.4) is 0 Å². The van der Waals surface area contributed by atoms with Crippen LogP contribution in [0.4, 0.5) is 0 Å². The number of methoxy groups -OCH3 is 1. The highest BCUT2D eigenvalue weighted by Gasteiger charge is 2.00. The number of hydrogen-bond acceptors (Lipinski definition) is 4. The quantitative estimate of drug-likeness (QED) is 0.586. The number of fused-ring (bicyclic) bond motifs is 1. The molecule has 17 heavy (non-hydrogen) atoms. The first-order valence-corrected chi connectivity index (χ1v) is 5.09. The van der Waals surface area contributed by atoms with E-state index < -0.39 is 0 Å². The lowest BCUT2D eigenvalue weighted by atomic mass is 10.1. The van der Waals surface area contributed by atoms with E-state index in [2.05, 4.69) is 0 Å². The summed E-state index contributed by atoms with van der Waals surface area (Å²) in [7, 11) is 1.57. The SMILES string of the molecule is COCOc1ccc2cc(OC=O)ccc2c1. The Kier molecular flexibility index (Phi) is 3.57. The molecule has 0 spiro atoms. The van der Waals surface area contributed by atoms with Gasteiger partial charge in [0.1, 0.15) is 11.5 Å². The van der Waals surface area contributed by atoms with Gasteiger partial charge in [0.15, 0.2) is 6.79 Å². The van der Waals surface area contributed by atoms with Crippen LogP contribution in [0.1, 0.15) is 0 Å². The maximum Gasteiger partial charge on any atom is 0.298 e. The second-order valence-electron chi connectivity index (χ2n) is 3.44. The van der Waals surface area contributed by atoms with Crippen molar-refractivity contribution >= 4 is 17.2 Å². The van der Waals surface area contributed by atoms with Gasteiger partial charge in [-0.15, -0.1) is 0 Å². The van der Waals surface area contributed by atoms with Gasteiger partial charge in [0.05, 0.1) is 0 Å². The second kappa shape index (κ2) is 5.32. The van der Waals surface area contributed by atoms with Gasteiger partial charge in [0.2, 0.25) is 0 Å². The molecular formula is C13H12O4. The predicted octanol–water partition coefficient (Wildman–Crippen LogP) is 2.36. The molecule has 0 N–H and O–H groups in total. The number of carbonyl (C=O) groups excluding carboxylic acids is 1. The van der Waals surface area contributed by atoms with Gasteiger partial charge < -0.3 is 14.2 Å². The summed E-state index contributed by atoms with van der Waals surface area (Å²) in [6.45, 7) is 0.634. The number of rotatable bonds is 5. The molecule has 4 nitrogen and oxygen atoms in total. The van der Waals surface area contributed by atoms with Gasteiger partial charge >= 0.3 is 0 Å². The van der Waals surface area contributed by atoms with E-state index in [1.807, 2.05) is 24.3 Å². The first kappa shape index (κ1) is 11.4. The van der Waals surface area contributed by atoms with Crippen LogP contribution in [-0.4, -0.2) is 20.4 Å². The van der Waals surface area contributed by atoms with Gasteiger partial charge in [-0.3, -0.25) is 4.79 Å². The lowest BCUT2D eigenvalue weighted by Crippen LogP contribution is -1.98. The third kappa shape index (κ3) is 2.73. The standard InChI is InChI=1S/C13H12O4/c1-15-9-17-13-5-3-10-6-12(16-8-14)4-2-11(10)7-13/h2-8H,9H2,1H3. The van der Waals surface area contributed by atoms with E-state index in [9.17, 15) is 4.79 Å². The molecule has 4 heteroatoms. The maximum absolute atomic E-state index is 10.2. The van der Waals surface area contributed by atoms with Gasteiger partial charge in [-0.25, -0.2) is 0 Å². The fourth-order valence-electron chi connectivity index (χ4n) is 1.55. The van der Waals surface area contributed by atoms with Crippen molar-refractivity contribution in [3.63, 3.8) is 0 Å². The zero-order chi connectivity index (χ0) is 12.1. The molecule has 0 radical (unpaired) electrons. The Bertz CT molecular complexity index is 522. The van der Waals surface area contributed by atoms with Crippen LogP contribution >= 0.6 is 0 Å². The van der Waals surface area contributed by atoms with Crippen LogP contribution in [0.25, 0.3) is 10.8 Å². The van der Waals surface area contributed by atoms with Crippen LogP contribution in [-0.2, 0) is 9.53 Å². The zero-order valence-corrected chi connectivity index (χ0v) is 9.38. The maximum atomic E-state index is 10.2. The molecule has 2 aromatic rings. The van der Waals surface area contributed by atoms with E-state index in [0.29, 0.717) is 12.2 Å². The first-order valence-electron chi connectivity index (χ1n) is 5.09.